The third-order valence-corrected chi connectivity index (χ3v) is 3.34. The number of rotatable bonds is 1. The van der Waals surface area contributed by atoms with E-state index in [9.17, 15) is 9.59 Å². The number of hydrogen-bond acceptors (Lipinski definition) is 2. The van der Waals surface area contributed by atoms with Crippen LogP contribution in [0.15, 0.2) is 58.1 Å². The monoisotopic (exact) mass is 261 g/mol. The summed E-state index contributed by atoms with van der Waals surface area (Å²) in [5, 5.41) is 2.53. The van der Waals surface area contributed by atoms with Crippen molar-refractivity contribution in [1.29, 1.82) is 0 Å². The largest absolute Gasteiger partial charge is 0.269 e. The molecule has 3 aromatic rings. The second-order valence-electron chi connectivity index (χ2n) is 4.49. The molecule has 0 radical (unpaired) electrons. The van der Waals surface area contributed by atoms with E-state index in [1.165, 1.54) is 0 Å². The first-order valence-electron chi connectivity index (χ1n) is 6.22. The summed E-state index contributed by atoms with van der Waals surface area (Å²) >= 11 is 0. The summed E-state index contributed by atoms with van der Waals surface area (Å²) in [5.74, 6) is 2.37. The zero-order valence-corrected chi connectivity index (χ0v) is 10.7. The summed E-state index contributed by atoms with van der Waals surface area (Å²) < 4.78 is 1.12. The molecule has 1 heterocycles. The predicted octanol–water partition coefficient (Wildman–Crippen LogP) is 2.15. The van der Waals surface area contributed by atoms with Gasteiger partial charge in [0.1, 0.15) is 0 Å². The molecular weight excluding hydrogens is 250 g/mol. The maximum absolute atomic E-state index is 12.5. The van der Waals surface area contributed by atoms with Gasteiger partial charge in [-0.1, -0.05) is 42.3 Å². The topological polar surface area (TPSA) is 39.1 Å². The Balaban J connectivity index is 2.76. The number of fused-ring (bicyclic) bond motifs is 3. The highest BCUT2D eigenvalue weighted by Gasteiger charge is 2.09. The zero-order valence-electron chi connectivity index (χ0n) is 10.7. The van der Waals surface area contributed by atoms with Crippen molar-refractivity contribution in [2.45, 2.75) is 6.54 Å². The van der Waals surface area contributed by atoms with Gasteiger partial charge in [-0.3, -0.25) is 14.2 Å². The number of hydrogen-bond donors (Lipinski definition) is 0. The highest BCUT2D eigenvalue weighted by atomic mass is 16.2. The fourth-order valence-electron chi connectivity index (χ4n) is 2.43. The van der Waals surface area contributed by atoms with Crippen LogP contribution in [0.4, 0.5) is 0 Å². The van der Waals surface area contributed by atoms with E-state index in [4.69, 9.17) is 6.42 Å². The van der Waals surface area contributed by atoms with E-state index in [1.807, 2.05) is 24.3 Å². The third-order valence-electron chi connectivity index (χ3n) is 3.34. The van der Waals surface area contributed by atoms with Gasteiger partial charge in [0.15, 0.2) is 0 Å². The summed E-state index contributed by atoms with van der Waals surface area (Å²) in [6.45, 7) is -0.0274. The molecule has 0 bridgehead atoms. The lowest BCUT2D eigenvalue weighted by Gasteiger charge is -1.94. The second kappa shape index (κ2) is 4.67. The van der Waals surface area contributed by atoms with Crippen molar-refractivity contribution in [2.75, 3.05) is 0 Å². The molecule has 0 aliphatic rings. The van der Waals surface area contributed by atoms with Gasteiger partial charge in [0.25, 0.3) is 11.1 Å². The summed E-state index contributed by atoms with van der Waals surface area (Å²) in [5.41, 5.74) is -0.695. The molecule has 0 unspecified atom stereocenters. The highest BCUT2D eigenvalue weighted by Crippen LogP contribution is 2.18. The van der Waals surface area contributed by atoms with Gasteiger partial charge in [-0.05, 0) is 22.9 Å². The Morgan fingerprint density at radius 3 is 1.60 bits per heavy atom. The van der Waals surface area contributed by atoms with Crippen LogP contribution < -0.4 is 11.1 Å². The van der Waals surface area contributed by atoms with Crippen LogP contribution in [0.25, 0.3) is 21.5 Å². The average molecular weight is 261 g/mol. The van der Waals surface area contributed by atoms with Gasteiger partial charge in [0.2, 0.25) is 0 Å². The van der Waals surface area contributed by atoms with Crippen LogP contribution in [0, 0.1) is 12.3 Å². The predicted molar refractivity (Wildman–Crippen MR) is 80.8 cm³/mol. The van der Waals surface area contributed by atoms with Crippen molar-refractivity contribution >= 4 is 21.5 Å². The first-order chi connectivity index (χ1) is 9.74. The molecule has 0 aliphatic heterocycles. The van der Waals surface area contributed by atoms with Crippen LogP contribution in [-0.4, -0.2) is 4.57 Å². The molecule has 0 atom stereocenters. The Morgan fingerprint density at radius 1 is 0.800 bits per heavy atom. The lowest BCUT2D eigenvalue weighted by molar-refractivity contribution is 0.782. The van der Waals surface area contributed by atoms with Crippen LogP contribution in [-0.2, 0) is 6.54 Å². The minimum Gasteiger partial charge on any atom is -0.269 e. The van der Waals surface area contributed by atoms with Crippen molar-refractivity contribution in [2.24, 2.45) is 0 Å². The van der Waals surface area contributed by atoms with Crippen molar-refractivity contribution in [3.8, 4) is 12.3 Å². The first kappa shape index (κ1) is 12.2. The fraction of sp³-hybridized carbons (Fsp3) is 0.0588. The first-order valence-corrected chi connectivity index (χ1v) is 6.22. The normalized spacial score (nSPS) is 10.6. The maximum Gasteiger partial charge on any atom is 0.262 e. The second-order valence-corrected chi connectivity index (χ2v) is 4.49. The molecule has 0 N–H and O–H groups in total. The SMILES string of the molecule is C#CCn1c(=O)c2ccccc2c2ccccc2c1=O. The van der Waals surface area contributed by atoms with Crippen LogP contribution in [0.1, 0.15) is 0 Å². The van der Waals surface area contributed by atoms with Crippen LogP contribution >= 0.6 is 0 Å². The molecule has 3 rings (SSSR count). The lowest BCUT2D eigenvalue weighted by atomic mass is 10.1. The van der Waals surface area contributed by atoms with E-state index in [0.717, 1.165) is 15.3 Å². The highest BCUT2D eigenvalue weighted by molar-refractivity contribution is 6.05. The fourth-order valence-corrected chi connectivity index (χ4v) is 2.43. The molecule has 0 spiro atoms. The number of benzene rings is 2. The van der Waals surface area contributed by atoms with E-state index in [2.05, 4.69) is 5.92 Å². The smallest absolute Gasteiger partial charge is 0.262 e. The zero-order chi connectivity index (χ0) is 14.1. The van der Waals surface area contributed by atoms with Crippen molar-refractivity contribution in [3.63, 3.8) is 0 Å². The minimum atomic E-state index is -0.347. The third kappa shape index (κ3) is 1.70. The summed E-state index contributed by atoms with van der Waals surface area (Å²) in [4.78, 5) is 25.0. The quantitative estimate of drug-likeness (QED) is 0.630. The molecule has 0 saturated heterocycles. The standard InChI is InChI=1S/C17H11NO2/c1-2-11-18-16(19)14-9-5-3-7-12(14)13-8-4-6-10-15(13)17(18)20/h1,3-10H,11H2. The van der Waals surface area contributed by atoms with Crippen LogP contribution in [0.2, 0.25) is 0 Å². The summed E-state index contributed by atoms with van der Waals surface area (Å²) in [6.07, 6.45) is 5.28. The molecule has 1 aromatic heterocycles. The molecule has 0 saturated carbocycles. The van der Waals surface area contributed by atoms with Crippen molar-refractivity contribution in [1.82, 2.24) is 4.57 Å². The molecule has 3 heteroatoms. The van der Waals surface area contributed by atoms with E-state index in [0.29, 0.717) is 10.8 Å². The Kier molecular flexibility index (Phi) is 2.85. The van der Waals surface area contributed by atoms with E-state index < -0.39 is 0 Å². The summed E-state index contributed by atoms with van der Waals surface area (Å²) in [6, 6.07) is 14.4. The average Bonchev–Trinajstić information content (AvgIpc) is 2.58. The molecule has 3 nitrogen and oxygen atoms in total. The molecule has 0 aliphatic carbocycles. The molecule has 2 aromatic carbocycles. The van der Waals surface area contributed by atoms with Gasteiger partial charge in [-0.15, -0.1) is 6.42 Å². The van der Waals surface area contributed by atoms with Crippen molar-refractivity contribution < 1.29 is 0 Å². The van der Waals surface area contributed by atoms with E-state index in [-0.39, 0.29) is 17.7 Å². The van der Waals surface area contributed by atoms with Gasteiger partial charge in [-0.25, -0.2) is 0 Å². The van der Waals surface area contributed by atoms with Gasteiger partial charge in [-0.2, -0.15) is 0 Å². The number of aromatic nitrogens is 1. The van der Waals surface area contributed by atoms with Gasteiger partial charge < -0.3 is 0 Å². The van der Waals surface area contributed by atoms with E-state index in [1.54, 1.807) is 24.3 Å². The van der Waals surface area contributed by atoms with Gasteiger partial charge in [0.05, 0.1) is 6.54 Å². The molecule has 0 amide bonds. The molecular formula is C17H11NO2. The van der Waals surface area contributed by atoms with Crippen LogP contribution in [0.3, 0.4) is 0 Å². The molecule has 96 valence electrons. The Morgan fingerprint density at radius 2 is 1.20 bits per heavy atom. The summed E-state index contributed by atoms with van der Waals surface area (Å²) in [7, 11) is 0. The minimum absolute atomic E-state index is 0.0274. The van der Waals surface area contributed by atoms with Gasteiger partial charge in [0, 0.05) is 10.8 Å². The maximum atomic E-state index is 12.5. The Hall–Kier alpha value is -2.86. The molecule has 20 heavy (non-hydrogen) atoms. The number of terminal acetylenes is 1. The Labute approximate surface area is 115 Å². The van der Waals surface area contributed by atoms with E-state index >= 15 is 0 Å². The number of nitrogens with zero attached hydrogens (tertiary/aromatic N) is 1. The van der Waals surface area contributed by atoms with Crippen molar-refractivity contribution in [3.05, 3.63) is 69.2 Å². The molecule has 0 fully saturated rings. The van der Waals surface area contributed by atoms with Crippen LogP contribution in [0.5, 0.6) is 0 Å². The van der Waals surface area contributed by atoms with Gasteiger partial charge >= 0.3 is 0 Å². The lowest BCUT2D eigenvalue weighted by Crippen LogP contribution is -2.29. The Bertz CT molecular complexity index is 905.